The van der Waals surface area contributed by atoms with Gasteiger partial charge in [0.15, 0.2) is 6.10 Å². The molecule has 0 saturated carbocycles. The van der Waals surface area contributed by atoms with Crippen LogP contribution in [0.4, 0.5) is 10.1 Å². The molecule has 1 fully saturated rings. The van der Waals surface area contributed by atoms with Crippen molar-refractivity contribution in [2.75, 3.05) is 18.4 Å². The second-order valence-corrected chi connectivity index (χ2v) is 6.96. The predicted octanol–water partition coefficient (Wildman–Crippen LogP) is 4.25. The number of amides is 2. The number of anilines is 1. The van der Waals surface area contributed by atoms with Crippen molar-refractivity contribution >= 4 is 17.5 Å². The first-order valence-corrected chi connectivity index (χ1v) is 9.66. The fraction of sp³-hybridized carbons (Fsp3) is 0.364. The van der Waals surface area contributed by atoms with Gasteiger partial charge in [0.05, 0.1) is 11.3 Å². The minimum absolute atomic E-state index is 0.0649. The molecule has 0 aromatic heterocycles. The van der Waals surface area contributed by atoms with Crippen LogP contribution in [0.25, 0.3) is 0 Å². The maximum absolute atomic E-state index is 13.0. The third-order valence-corrected chi connectivity index (χ3v) is 4.80. The Hall–Kier alpha value is -2.89. The van der Waals surface area contributed by atoms with E-state index < -0.39 is 6.10 Å². The summed E-state index contributed by atoms with van der Waals surface area (Å²) in [6.07, 6.45) is 3.48. The van der Waals surface area contributed by atoms with Crippen molar-refractivity contribution < 1.29 is 18.7 Å². The Labute approximate surface area is 164 Å². The van der Waals surface area contributed by atoms with Crippen molar-refractivity contribution in [2.45, 2.75) is 38.7 Å². The highest BCUT2D eigenvalue weighted by molar-refractivity contribution is 6.04. The van der Waals surface area contributed by atoms with Crippen molar-refractivity contribution in [3.63, 3.8) is 0 Å². The third kappa shape index (κ3) is 5.09. The number of rotatable bonds is 5. The molecule has 2 amide bonds. The van der Waals surface area contributed by atoms with Crippen molar-refractivity contribution in [1.82, 2.24) is 4.90 Å². The first-order chi connectivity index (χ1) is 13.5. The Kier molecular flexibility index (Phi) is 6.63. The lowest BCUT2D eigenvalue weighted by Gasteiger charge is -2.22. The van der Waals surface area contributed by atoms with E-state index in [2.05, 4.69) is 5.32 Å². The molecule has 0 unspecified atom stereocenters. The molecule has 3 rings (SSSR count). The maximum atomic E-state index is 13.0. The summed E-state index contributed by atoms with van der Waals surface area (Å²) in [5.74, 6) is -0.409. The molecule has 0 aliphatic carbocycles. The van der Waals surface area contributed by atoms with Crippen LogP contribution in [0.5, 0.6) is 5.75 Å². The Morgan fingerprint density at radius 3 is 2.32 bits per heavy atom. The molecule has 1 saturated heterocycles. The van der Waals surface area contributed by atoms with Gasteiger partial charge in [0, 0.05) is 13.1 Å². The number of para-hydroxylation sites is 1. The Morgan fingerprint density at radius 2 is 1.64 bits per heavy atom. The summed E-state index contributed by atoms with van der Waals surface area (Å²) in [5.41, 5.74) is 0.947. The smallest absolute Gasteiger partial charge is 0.265 e. The van der Waals surface area contributed by atoms with E-state index in [9.17, 15) is 14.0 Å². The molecule has 0 spiro atoms. The molecule has 1 atom stereocenters. The van der Waals surface area contributed by atoms with E-state index in [1.54, 1.807) is 31.2 Å². The molecule has 6 heteroatoms. The van der Waals surface area contributed by atoms with Gasteiger partial charge in [0.2, 0.25) is 0 Å². The molecule has 0 radical (unpaired) electrons. The van der Waals surface area contributed by atoms with Gasteiger partial charge in [-0.25, -0.2) is 4.39 Å². The van der Waals surface area contributed by atoms with Gasteiger partial charge in [0.25, 0.3) is 11.8 Å². The third-order valence-electron chi connectivity index (χ3n) is 4.80. The van der Waals surface area contributed by atoms with Gasteiger partial charge in [-0.05, 0) is 56.2 Å². The molecule has 1 aliphatic heterocycles. The van der Waals surface area contributed by atoms with Crippen molar-refractivity contribution in [1.29, 1.82) is 0 Å². The quantitative estimate of drug-likeness (QED) is 0.838. The number of carbonyl (C=O) groups is 2. The lowest BCUT2D eigenvalue weighted by Crippen LogP contribution is -2.34. The van der Waals surface area contributed by atoms with E-state index in [0.717, 1.165) is 38.8 Å². The van der Waals surface area contributed by atoms with Gasteiger partial charge in [0.1, 0.15) is 11.6 Å². The number of nitrogens with zero attached hydrogens (tertiary/aromatic N) is 1. The molecule has 0 bridgehead atoms. The minimum Gasteiger partial charge on any atom is -0.481 e. The Morgan fingerprint density at radius 1 is 1.00 bits per heavy atom. The van der Waals surface area contributed by atoms with Crippen LogP contribution in [0.1, 0.15) is 43.0 Å². The zero-order valence-electron chi connectivity index (χ0n) is 16.0. The van der Waals surface area contributed by atoms with E-state index in [0.29, 0.717) is 17.0 Å². The number of benzene rings is 2. The molecule has 2 aromatic rings. The molecule has 28 heavy (non-hydrogen) atoms. The van der Waals surface area contributed by atoms with Crippen LogP contribution in [0.3, 0.4) is 0 Å². The summed E-state index contributed by atoms with van der Waals surface area (Å²) in [4.78, 5) is 27.4. The maximum Gasteiger partial charge on any atom is 0.265 e. The largest absolute Gasteiger partial charge is 0.481 e. The second kappa shape index (κ2) is 9.35. The van der Waals surface area contributed by atoms with Crippen LogP contribution in [-0.2, 0) is 4.79 Å². The van der Waals surface area contributed by atoms with Crippen LogP contribution < -0.4 is 10.1 Å². The van der Waals surface area contributed by atoms with Gasteiger partial charge in [-0.2, -0.15) is 0 Å². The van der Waals surface area contributed by atoms with E-state index >= 15 is 0 Å². The number of halogens is 1. The monoisotopic (exact) mass is 384 g/mol. The SMILES string of the molecule is C[C@@H](Oc1ccc(F)cc1)C(=O)Nc1ccccc1C(=O)N1CCCCCC1. The number of carbonyl (C=O) groups excluding carboxylic acids is 2. The van der Waals surface area contributed by atoms with Crippen LogP contribution >= 0.6 is 0 Å². The molecule has 2 aromatic carbocycles. The van der Waals surface area contributed by atoms with Crippen LogP contribution in [0.15, 0.2) is 48.5 Å². The van der Waals surface area contributed by atoms with E-state index in [-0.39, 0.29) is 17.6 Å². The normalized spacial score (nSPS) is 15.4. The van der Waals surface area contributed by atoms with Gasteiger partial charge >= 0.3 is 0 Å². The minimum atomic E-state index is -0.799. The van der Waals surface area contributed by atoms with E-state index in [1.165, 1.54) is 24.3 Å². The average molecular weight is 384 g/mol. The van der Waals surface area contributed by atoms with Gasteiger partial charge in [-0.3, -0.25) is 9.59 Å². The fourth-order valence-electron chi connectivity index (χ4n) is 3.23. The molecular formula is C22H25FN2O3. The van der Waals surface area contributed by atoms with Crippen LogP contribution in [0, 0.1) is 5.82 Å². The first-order valence-electron chi connectivity index (χ1n) is 9.66. The molecule has 148 valence electrons. The lowest BCUT2D eigenvalue weighted by molar-refractivity contribution is -0.122. The lowest BCUT2D eigenvalue weighted by atomic mass is 10.1. The summed E-state index contributed by atoms with van der Waals surface area (Å²) in [5, 5.41) is 2.79. The highest BCUT2D eigenvalue weighted by Crippen LogP contribution is 2.21. The summed E-state index contributed by atoms with van der Waals surface area (Å²) in [6.45, 7) is 3.09. The highest BCUT2D eigenvalue weighted by atomic mass is 19.1. The zero-order chi connectivity index (χ0) is 19.9. The van der Waals surface area contributed by atoms with Crippen LogP contribution in [0.2, 0.25) is 0 Å². The predicted molar refractivity (Wildman–Crippen MR) is 106 cm³/mol. The van der Waals surface area contributed by atoms with Gasteiger partial charge in [-0.1, -0.05) is 25.0 Å². The van der Waals surface area contributed by atoms with Crippen molar-refractivity contribution in [3.05, 3.63) is 59.9 Å². The summed E-state index contributed by atoms with van der Waals surface area (Å²) >= 11 is 0. The van der Waals surface area contributed by atoms with Gasteiger partial charge in [-0.15, -0.1) is 0 Å². The topological polar surface area (TPSA) is 58.6 Å². The standard InChI is InChI=1S/C22H25FN2O3/c1-16(28-18-12-10-17(23)11-13-18)21(26)24-20-9-5-4-8-19(20)22(27)25-14-6-2-3-7-15-25/h4-5,8-13,16H,2-3,6-7,14-15H2,1H3,(H,24,26)/t16-/m1/s1. The molecule has 1 aliphatic rings. The molecule has 1 N–H and O–H groups in total. The fourth-order valence-corrected chi connectivity index (χ4v) is 3.23. The summed E-state index contributed by atoms with van der Waals surface area (Å²) in [6, 6.07) is 12.5. The number of hydrogen-bond donors (Lipinski definition) is 1. The number of hydrogen-bond acceptors (Lipinski definition) is 3. The van der Waals surface area contributed by atoms with E-state index in [1.807, 2.05) is 4.90 Å². The number of likely N-dealkylation sites (tertiary alicyclic amines) is 1. The molecule has 5 nitrogen and oxygen atoms in total. The van der Waals surface area contributed by atoms with Crippen molar-refractivity contribution in [2.24, 2.45) is 0 Å². The van der Waals surface area contributed by atoms with Crippen LogP contribution in [-0.4, -0.2) is 35.9 Å². The Balaban J connectivity index is 1.68. The first kappa shape index (κ1) is 19.9. The molecule has 1 heterocycles. The highest BCUT2D eigenvalue weighted by Gasteiger charge is 2.22. The second-order valence-electron chi connectivity index (χ2n) is 6.96. The Bertz CT molecular complexity index is 815. The van der Waals surface area contributed by atoms with E-state index in [4.69, 9.17) is 4.74 Å². The molecular weight excluding hydrogens is 359 g/mol. The summed E-state index contributed by atoms with van der Waals surface area (Å²) < 4.78 is 18.6. The van der Waals surface area contributed by atoms with Crippen molar-refractivity contribution in [3.8, 4) is 5.75 Å². The number of nitrogens with one attached hydrogen (secondary N) is 1. The zero-order valence-corrected chi connectivity index (χ0v) is 16.0. The van der Waals surface area contributed by atoms with Gasteiger partial charge < -0.3 is 15.0 Å². The summed E-state index contributed by atoms with van der Waals surface area (Å²) in [7, 11) is 0. The average Bonchev–Trinajstić information content (AvgIpc) is 2.99. The number of ether oxygens (including phenoxy) is 1.